The Hall–Kier alpha value is 5.50. The van der Waals surface area contributed by atoms with Gasteiger partial charge in [0.15, 0.2) is 0 Å². The van der Waals surface area contributed by atoms with Gasteiger partial charge in [0.1, 0.15) is 0 Å². The minimum absolute atomic E-state index is 0. The van der Waals surface area contributed by atoms with Crippen molar-refractivity contribution in [3.8, 4) is 0 Å². The molecule has 2 unspecified atom stereocenters. The van der Waals surface area contributed by atoms with Crippen molar-refractivity contribution in [1.29, 1.82) is 0 Å². The summed E-state index contributed by atoms with van der Waals surface area (Å²) in [5.41, 5.74) is 0.206. The normalized spacial score (nSPS) is 14.2. The van der Waals surface area contributed by atoms with Crippen molar-refractivity contribution in [1.82, 2.24) is 0 Å². The van der Waals surface area contributed by atoms with Gasteiger partial charge in [0.25, 0.3) is 0 Å². The Morgan fingerprint density at radius 2 is 1.60 bits per heavy atom. The van der Waals surface area contributed by atoms with E-state index in [0.717, 1.165) is 6.42 Å². The minimum Gasteiger partial charge on any atom is 0 e. The average Bonchev–Trinajstić information content (AvgIpc) is 1.98. The van der Waals surface area contributed by atoms with E-state index >= 15 is 0 Å². The van der Waals surface area contributed by atoms with Crippen LogP contribution in [-0.2, 0) is 122 Å². The average molecular weight is 880 g/mol. The zero-order valence-corrected chi connectivity index (χ0v) is 29.8. The molecule has 0 N–H and O–H groups in total. The van der Waals surface area contributed by atoms with Crippen molar-refractivity contribution in [2.24, 2.45) is 0 Å². The van der Waals surface area contributed by atoms with Crippen LogP contribution in [0, 0.1) is 6.92 Å². The molecular weight excluding hydrogens is 852 g/mol. The van der Waals surface area contributed by atoms with Crippen LogP contribution in [0.4, 0.5) is 0 Å². The van der Waals surface area contributed by atoms with Crippen LogP contribution >= 0.6 is 25.5 Å². The zero-order chi connectivity index (χ0) is 14.1. The molecule has 0 aromatic rings. The summed E-state index contributed by atoms with van der Waals surface area (Å²) in [6.45, 7) is 11.4. The van der Waals surface area contributed by atoms with Gasteiger partial charge in [-0.25, -0.2) is 0 Å². The molecule has 2 atom stereocenters. The van der Waals surface area contributed by atoms with E-state index in [1.165, 1.54) is 18.0 Å². The van der Waals surface area contributed by atoms with E-state index < -0.39 is 13.8 Å². The summed E-state index contributed by atoms with van der Waals surface area (Å²) in [5.74, 6) is 2.81. The first-order chi connectivity index (χ1) is 7.54. The summed E-state index contributed by atoms with van der Waals surface area (Å²) >= 11 is 3.57. The molecule has 0 amide bonds. The molecule has 0 aromatic carbocycles. The third kappa shape index (κ3) is 34.8. The van der Waals surface area contributed by atoms with Gasteiger partial charge in [-0.2, -0.15) is 6.42 Å². The summed E-state index contributed by atoms with van der Waals surface area (Å²) in [4.78, 5) is 0. The second-order valence-electron chi connectivity index (χ2n) is 5.26. The fraction of sp³-hybridized carbons (Fsp3) is 0.727. The monoisotopic (exact) mass is 880 g/mol. The third-order valence-electron chi connectivity index (χ3n) is 1.71. The van der Waals surface area contributed by atoms with E-state index in [2.05, 4.69) is 46.2 Å². The molecule has 0 aromatic heterocycles. The Kier molecular flexibility index (Phi) is 37.9. The van der Waals surface area contributed by atoms with Crippen molar-refractivity contribution < 1.29 is 122 Å². The van der Waals surface area contributed by atoms with E-state index in [1.54, 1.807) is 25.0 Å². The van der Waals surface area contributed by atoms with Crippen LogP contribution in [0.1, 0.15) is 6.42 Å². The van der Waals surface area contributed by atoms with Gasteiger partial charge in [-0.15, -0.1) is 26.4 Å². The van der Waals surface area contributed by atoms with Gasteiger partial charge in [-0.1, -0.05) is 6.16 Å². The molecule has 0 aliphatic carbocycles. The van der Waals surface area contributed by atoms with Crippen molar-refractivity contribution in [3.63, 3.8) is 0 Å². The molecule has 0 spiro atoms. The first-order valence-electron chi connectivity index (χ1n) is 5.48. The number of hydrogen-bond acceptors (Lipinski definition) is 0. The van der Waals surface area contributed by atoms with Gasteiger partial charge in [-0.05, 0) is 25.9 Å². The van der Waals surface area contributed by atoms with Crippen molar-refractivity contribution in [2.45, 2.75) is 6.42 Å². The zero-order valence-electron chi connectivity index (χ0n) is 13.2. The maximum absolute atomic E-state index is 4.30. The smallest absolute Gasteiger partial charge is 0 e. The van der Waals surface area contributed by atoms with Crippen molar-refractivity contribution >= 4 is 38.1 Å². The Balaban J connectivity index is -0.0000000734. The van der Waals surface area contributed by atoms with Gasteiger partial charge < -0.3 is 6.92 Å². The molecule has 0 rings (SSSR count). The van der Waals surface area contributed by atoms with Crippen LogP contribution < -0.4 is 0 Å². The first kappa shape index (κ1) is 36.4. The maximum atomic E-state index is 4.30. The number of rotatable bonds is 6. The SMILES string of the molecule is C=P(C)(C)CP(=C)(C)CC[CH2-].C[PH](=[W])C[P]=[W].[V].[Y].[Y]. The largest absolute Gasteiger partial charge is 0 e. The summed E-state index contributed by atoms with van der Waals surface area (Å²) in [6, 6.07) is 0. The maximum Gasteiger partial charge on any atom is 0 e. The van der Waals surface area contributed by atoms with Crippen LogP contribution in [0.3, 0.4) is 0 Å². The van der Waals surface area contributed by atoms with Crippen molar-refractivity contribution in [3.05, 3.63) is 6.92 Å². The Morgan fingerprint density at radius 1 is 1.20 bits per heavy atom. The molecule has 0 nitrogen and oxygen atoms in total. The minimum atomic E-state index is -0.890. The van der Waals surface area contributed by atoms with E-state index in [4.69, 9.17) is 0 Å². The van der Waals surface area contributed by atoms with E-state index in [1.807, 2.05) is 18.8 Å². The summed E-state index contributed by atoms with van der Waals surface area (Å²) in [5, 5.41) is 0. The molecule has 0 saturated carbocycles. The van der Waals surface area contributed by atoms with Crippen LogP contribution in [0.15, 0.2) is 0 Å². The predicted octanol–water partition coefficient (Wildman–Crippen LogP) is 4.61. The summed E-state index contributed by atoms with van der Waals surface area (Å²) < 4.78 is 0. The van der Waals surface area contributed by atoms with Gasteiger partial charge in [0, 0.05) is 84.0 Å². The molecule has 0 aliphatic rings. The van der Waals surface area contributed by atoms with E-state index in [-0.39, 0.29) is 89.5 Å². The Labute approximate surface area is 213 Å². The van der Waals surface area contributed by atoms with Crippen LogP contribution in [0.25, 0.3) is 0 Å². The Bertz CT molecular complexity index is 345. The molecule has 3 radical (unpaired) electrons. The molecule has 0 heterocycles. The van der Waals surface area contributed by atoms with E-state index in [0.29, 0.717) is 0 Å². The fourth-order valence-electron chi connectivity index (χ4n) is 1.47. The third-order valence-corrected chi connectivity index (χ3v) is 19.5. The van der Waals surface area contributed by atoms with Gasteiger partial charge in [0.2, 0.25) is 0 Å². The standard InChI is InChI=1S/C9H21P2.C2H6P2.V.2W.2Y/c1-7-8-11(5,6)9-10(2,3)4;1-4-2-3;;;;;/h1-2,5,7-9H2,3-4,6H3;4H,2H2,1H3;;;;;/q-1;;;;;;. The molecule has 0 aliphatic heterocycles. The summed E-state index contributed by atoms with van der Waals surface area (Å²) in [6.07, 6.45) is 12.5. The molecule has 9 heteroatoms. The van der Waals surface area contributed by atoms with Crippen LogP contribution in [0.5, 0.6) is 0 Å². The molecule has 0 bridgehead atoms. The first-order valence-corrected chi connectivity index (χ1v) is 22.8. The second-order valence-corrected chi connectivity index (χ2v) is 27.2. The quantitative estimate of drug-likeness (QED) is 0.271. The molecule has 20 heavy (non-hydrogen) atoms. The topological polar surface area (TPSA) is 0 Å². The van der Waals surface area contributed by atoms with Gasteiger partial charge >= 0.3 is 62.0 Å². The van der Waals surface area contributed by atoms with Gasteiger partial charge in [0.05, 0.1) is 0 Å². The van der Waals surface area contributed by atoms with Gasteiger partial charge in [-0.3, -0.25) is 0 Å². The Morgan fingerprint density at radius 3 is 1.75 bits per heavy atom. The molecular formula is C11H27P4VW2Y2-. The molecule has 115 valence electrons. The summed E-state index contributed by atoms with van der Waals surface area (Å²) in [7, 11) is 0. The fourth-order valence-corrected chi connectivity index (χ4v) is 30.7. The predicted molar refractivity (Wildman–Crippen MR) is 91.6 cm³/mol. The second kappa shape index (κ2) is 20.8. The van der Waals surface area contributed by atoms with Crippen molar-refractivity contribution in [2.75, 3.05) is 44.6 Å². The van der Waals surface area contributed by atoms with E-state index in [9.17, 15) is 0 Å². The van der Waals surface area contributed by atoms with Crippen LogP contribution in [-0.4, -0.2) is 57.2 Å². The molecule has 0 fully saturated rings. The molecule has 0 saturated heterocycles. The van der Waals surface area contributed by atoms with Crippen LogP contribution in [0.2, 0.25) is 0 Å². The number of hydrogen-bond donors (Lipinski definition) is 0.